The molecule has 0 fully saturated rings. The van der Waals surface area contributed by atoms with E-state index in [1.54, 1.807) is 6.07 Å². The van der Waals surface area contributed by atoms with Crippen molar-refractivity contribution in [3.63, 3.8) is 0 Å². The zero-order valence-corrected chi connectivity index (χ0v) is 10.2. The largest absolute Gasteiger partial charge is 0.276 e. The SMILES string of the molecule is O=C(Cl)c1ccccc1CCc1ccccc1. The van der Waals surface area contributed by atoms with Crippen LogP contribution < -0.4 is 0 Å². The molecule has 0 aliphatic carbocycles. The molecule has 1 nitrogen and oxygen atoms in total. The number of aryl methyl sites for hydroxylation is 2. The normalized spacial score (nSPS) is 10.2. The van der Waals surface area contributed by atoms with Gasteiger partial charge in [-0.05, 0) is 41.6 Å². The Kier molecular flexibility index (Phi) is 3.94. The maximum absolute atomic E-state index is 11.2. The van der Waals surface area contributed by atoms with Crippen LogP contribution in [0, 0.1) is 0 Å². The van der Waals surface area contributed by atoms with E-state index in [2.05, 4.69) is 12.1 Å². The lowest BCUT2D eigenvalue weighted by Gasteiger charge is -2.05. The Hall–Kier alpha value is -1.60. The van der Waals surface area contributed by atoms with Crippen LogP contribution in [-0.2, 0) is 12.8 Å². The molecule has 0 unspecified atom stereocenters. The summed E-state index contributed by atoms with van der Waals surface area (Å²) >= 11 is 5.55. The molecule has 17 heavy (non-hydrogen) atoms. The van der Waals surface area contributed by atoms with Crippen molar-refractivity contribution < 1.29 is 4.79 Å². The van der Waals surface area contributed by atoms with Gasteiger partial charge in [0.05, 0.1) is 0 Å². The average molecular weight is 245 g/mol. The first-order valence-electron chi connectivity index (χ1n) is 5.59. The maximum atomic E-state index is 11.2. The zero-order valence-electron chi connectivity index (χ0n) is 9.40. The van der Waals surface area contributed by atoms with Crippen LogP contribution in [0.25, 0.3) is 0 Å². The minimum absolute atomic E-state index is 0.381. The van der Waals surface area contributed by atoms with Crippen LogP contribution >= 0.6 is 11.6 Å². The Morgan fingerprint density at radius 1 is 0.882 bits per heavy atom. The molecule has 0 aliphatic heterocycles. The average Bonchev–Trinajstić information content (AvgIpc) is 2.38. The monoisotopic (exact) mass is 244 g/mol. The second-order valence-corrected chi connectivity index (χ2v) is 4.26. The number of carbonyl (C=O) groups is 1. The summed E-state index contributed by atoms with van der Waals surface area (Å²) in [4.78, 5) is 11.2. The Labute approximate surface area is 106 Å². The number of hydrogen-bond donors (Lipinski definition) is 0. The van der Waals surface area contributed by atoms with E-state index in [9.17, 15) is 4.79 Å². The molecular weight excluding hydrogens is 232 g/mol. The molecule has 0 aliphatic rings. The first-order chi connectivity index (χ1) is 8.27. The fourth-order valence-corrected chi connectivity index (χ4v) is 2.04. The van der Waals surface area contributed by atoms with Crippen molar-refractivity contribution in [1.29, 1.82) is 0 Å². The second-order valence-electron chi connectivity index (χ2n) is 3.92. The molecule has 0 amide bonds. The Balaban J connectivity index is 2.12. The van der Waals surface area contributed by atoms with Gasteiger partial charge < -0.3 is 0 Å². The molecule has 0 heterocycles. The summed E-state index contributed by atoms with van der Waals surface area (Å²) in [7, 11) is 0. The molecule has 2 rings (SSSR count). The molecule has 0 radical (unpaired) electrons. The number of hydrogen-bond acceptors (Lipinski definition) is 1. The molecule has 2 aromatic carbocycles. The van der Waals surface area contributed by atoms with Gasteiger partial charge in [-0.1, -0.05) is 48.5 Å². The minimum Gasteiger partial charge on any atom is -0.276 e. The molecule has 0 saturated carbocycles. The highest BCUT2D eigenvalue weighted by Gasteiger charge is 2.07. The van der Waals surface area contributed by atoms with Crippen LogP contribution in [0.4, 0.5) is 0 Å². The fourth-order valence-electron chi connectivity index (χ4n) is 1.85. The third-order valence-corrected chi connectivity index (χ3v) is 2.96. The van der Waals surface area contributed by atoms with Gasteiger partial charge >= 0.3 is 0 Å². The number of halogens is 1. The fraction of sp³-hybridized carbons (Fsp3) is 0.133. The summed E-state index contributed by atoms with van der Waals surface area (Å²) in [6.45, 7) is 0. The number of carbonyl (C=O) groups excluding carboxylic acids is 1. The molecular formula is C15H13ClO. The van der Waals surface area contributed by atoms with Crippen LogP contribution in [0.15, 0.2) is 54.6 Å². The van der Waals surface area contributed by atoms with Crippen LogP contribution in [-0.4, -0.2) is 5.24 Å². The Morgan fingerprint density at radius 3 is 2.24 bits per heavy atom. The summed E-state index contributed by atoms with van der Waals surface area (Å²) in [5, 5.41) is -0.381. The lowest BCUT2D eigenvalue weighted by atomic mass is 10.0. The summed E-state index contributed by atoms with van der Waals surface area (Å²) < 4.78 is 0. The van der Waals surface area contributed by atoms with Crippen molar-refractivity contribution in [2.45, 2.75) is 12.8 Å². The zero-order chi connectivity index (χ0) is 12.1. The van der Waals surface area contributed by atoms with Crippen molar-refractivity contribution in [3.05, 3.63) is 71.3 Å². The summed E-state index contributed by atoms with van der Waals surface area (Å²) in [6.07, 6.45) is 1.75. The van der Waals surface area contributed by atoms with E-state index in [0.29, 0.717) is 5.56 Å². The summed E-state index contributed by atoms with van der Waals surface area (Å²) in [6, 6.07) is 17.7. The van der Waals surface area contributed by atoms with Crippen molar-refractivity contribution in [2.24, 2.45) is 0 Å². The first-order valence-corrected chi connectivity index (χ1v) is 5.97. The van der Waals surface area contributed by atoms with E-state index in [-0.39, 0.29) is 5.24 Å². The van der Waals surface area contributed by atoms with Crippen LogP contribution in [0.1, 0.15) is 21.5 Å². The van der Waals surface area contributed by atoms with E-state index in [4.69, 9.17) is 11.6 Å². The van der Waals surface area contributed by atoms with E-state index in [1.807, 2.05) is 36.4 Å². The standard InChI is InChI=1S/C15H13ClO/c16-15(17)14-9-5-4-8-13(14)11-10-12-6-2-1-3-7-12/h1-9H,10-11H2. The predicted octanol–water partition coefficient (Wildman–Crippen LogP) is 3.85. The minimum atomic E-state index is -0.381. The molecule has 2 aromatic rings. The third-order valence-electron chi connectivity index (χ3n) is 2.75. The van der Waals surface area contributed by atoms with E-state index in [1.165, 1.54) is 5.56 Å². The Bertz CT molecular complexity index is 505. The predicted molar refractivity (Wildman–Crippen MR) is 70.5 cm³/mol. The number of rotatable bonds is 4. The van der Waals surface area contributed by atoms with Gasteiger partial charge in [0.2, 0.25) is 0 Å². The quantitative estimate of drug-likeness (QED) is 0.747. The summed E-state index contributed by atoms with van der Waals surface area (Å²) in [5.74, 6) is 0. The lowest BCUT2D eigenvalue weighted by Crippen LogP contribution is -1.99. The van der Waals surface area contributed by atoms with Crippen LogP contribution in [0.3, 0.4) is 0 Å². The van der Waals surface area contributed by atoms with Gasteiger partial charge in [-0.25, -0.2) is 0 Å². The molecule has 0 atom stereocenters. The highest BCUT2D eigenvalue weighted by atomic mass is 35.5. The van der Waals surface area contributed by atoms with E-state index in [0.717, 1.165) is 18.4 Å². The second kappa shape index (κ2) is 5.65. The summed E-state index contributed by atoms with van der Waals surface area (Å²) in [5.41, 5.74) is 2.89. The van der Waals surface area contributed by atoms with Gasteiger partial charge in [-0.2, -0.15) is 0 Å². The molecule has 86 valence electrons. The lowest BCUT2D eigenvalue weighted by molar-refractivity contribution is 0.108. The molecule has 0 saturated heterocycles. The number of benzene rings is 2. The molecule has 0 aromatic heterocycles. The Morgan fingerprint density at radius 2 is 1.53 bits per heavy atom. The smallest absolute Gasteiger partial charge is 0.252 e. The van der Waals surface area contributed by atoms with Gasteiger partial charge in [0.1, 0.15) is 0 Å². The molecule has 0 spiro atoms. The van der Waals surface area contributed by atoms with Crippen molar-refractivity contribution in [1.82, 2.24) is 0 Å². The first kappa shape index (κ1) is 11.9. The highest BCUT2D eigenvalue weighted by molar-refractivity contribution is 6.67. The van der Waals surface area contributed by atoms with E-state index >= 15 is 0 Å². The van der Waals surface area contributed by atoms with Gasteiger partial charge in [0, 0.05) is 5.56 Å². The molecule has 0 N–H and O–H groups in total. The maximum Gasteiger partial charge on any atom is 0.252 e. The van der Waals surface area contributed by atoms with Crippen molar-refractivity contribution in [3.8, 4) is 0 Å². The van der Waals surface area contributed by atoms with Gasteiger partial charge in [0.15, 0.2) is 0 Å². The van der Waals surface area contributed by atoms with Crippen molar-refractivity contribution >= 4 is 16.8 Å². The van der Waals surface area contributed by atoms with Crippen LogP contribution in [0.2, 0.25) is 0 Å². The molecule has 2 heteroatoms. The highest BCUT2D eigenvalue weighted by Crippen LogP contribution is 2.14. The molecule has 0 bridgehead atoms. The van der Waals surface area contributed by atoms with Gasteiger partial charge in [-0.15, -0.1) is 0 Å². The third kappa shape index (κ3) is 3.18. The van der Waals surface area contributed by atoms with E-state index < -0.39 is 0 Å². The van der Waals surface area contributed by atoms with Crippen LogP contribution in [0.5, 0.6) is 0 Å². The van der Waals surface area contributed by atoms with Gasteiger partial charge in [0.25, 0.3) is 5.24 Å². The topological polar surface area (TPSA) is 17.1 Å². The van der Waals surface area contributed by atoms with Gasteiger partial charge in [-0.3, -0.25) is 4.79 Å². The van der Waals surface area contributed by atoms with Crippen molar-refractivity contribution in [2.75, 3.05) is 0 Å².